The quantitative estimate of drug-likeness (QED) is 0.546. The Morgan fingerprint density at radius 1 is 0.871 bits per heavy atom. The van der Waals surface area contributed by atoms with Crippen LogP contribution in [-0.4, -0.2) is 59.3 Å². The van der Waals surface area contributed by atoms with Crippen LogP contribution in [0.25, 0.3) is 0 Å². The van der Waals surface area contributed by atoms with E-state index in [4.69, 9.17) is 4.74 Å². The molecule has 1 N–H and O–H groups in total. The Labute approximate surface area is 179 Å². The molecule has 0 unspecified atom stereocenters. The third-order valence-corrected chi connectivity index (χ3v) is 5.84. The van der Waals surface area contributed by atoms with Crippen LogP contribution in [0.4, 0.5) is 4.79 Å². The predicted octanol–water partition coefficient (Wildman–Crippen LogP) is 2.23. The van der Waals surface area contributed by atoms with E-state index in [0.29, 0.717) is 24.0 Å². The van der Waals surface area contributed by atoms with Crippen molar-refractivity contribution in [1.82, 2.24) is 15.1 Å². The summed E-state index contributed by atoms with van der Waals surface area (Å²) >= 11 is 0. The summed E-state index contributed by atoms with van der Waals surface area (Å²) in [7, 11) is 1.60. The summed E-state index contributed by atoms with van der Waals surface area (Å²) < 4.78 is 5.15. The Balaban J connectivity index is 1.39. The molecule has 0 radical (unpaired) electrons. The van der Waals surface area contributed by atoms with Gasteiger partial charge >= 0.3 is 6.03 Å². The Hall–Kier alpha value is -3.68. The van der Waals surface area contributed by atoms with Gasteiger partial charge in [0.25, 0.3) is 17.7 Å². The van der Waals surface area contributed by atoms with Gasteiger partial charge in [0.1, 0.15) is 11.3 Å². The third kappa shape index (κ3) is 3.65. The van der Waals surface area contributed by atoms with Gasteiger partial charge in [-0.05, 0) is 49.6 Å². The molecular formula is C23H23N3O5. The molecular weight excluding hydrogens is 398 g/mol. The number of carbonyl (C=O) groups is 4. The van der Waals surface area contributed by atoms with Crippen LogP contribution < -0.4 is 10.1 Å². The lowest BCUT2D eigenvalue weighted by Gasteiger charge is -2.22. The number of ether oxygens (including phenoxy) is 1. The molecule has 2 aromatic carbocycles. The largest absolute Gasteiger partial charge is 0.497 e. The molecule has 160 valence electrons. The number of benzene rings is 2. The number of imide groups is 2. The first-order valence-corrected chi connectivity index (χ1v) is 10.1. The van der Waals surface area contributed by atoms with Gasteiger partial charge < -0.3 is 10.1 Å². The molecule has 0 spiro atoms. The molecule has 2 aliphatic rings. The number of rotatable bonds is 7. The number of amides is 5. The highest BCUT2D eigenvalue weighted by molar-refractivity contribution is 6.21. The summed E-state index contributed by atoms with van der Waals surface area (Å²) in [5.41, 5.74) is 0.663. The molecule has 8 nitrogen and oxygen atoms in total. The van der Waals surface area contributed by atoms with E-state index in [1.54, 1.807) is 38.3 Å². The summed E-state index contributed by atoms with van der Waals surface area (Å²) in [6.45, 7) is 1.60. The molecule has 1 atom stereocenters. The smallest absolute Gasteiger partial charge is 0.325 e. The number of nitrogens with one attached hydrogen (secondary N) is 1. The first-order valence-electron chi connectivity index (χ1n) is 10.1. The fourth-order valence-corrected chi connectivity index (χ4v) is 3.95. The average molecular weight is 421 g/mol. The molecule has 0 aliphatic carbocycles. The molecule has 0 saturated carbocycles. The predicted molar refractivity (Wildman–Crippen MR) is 112 cm³/mol. The first kappa shape index (κ1) is 20.6. The number of hydrogen-bond acceptors (Lipinski definition) is 5. The monoisotopic (exact) mass is 421 g/mol. The average Bonchev–Trinajstić information content (AvgIpc) is 3.15. The second kappa shape index (κ2) is 7.86. The Bertz CT molecular complexity index is 1030. The lowest BCUT2D eigenvalue weighted by atomic mass is 9.93. The summed E-state index contributed by atoms with van der Waals surface area (Å²) in [5, 5.41) is 2.76. The zero-order valence-corrected chi connectivity index (χ0v) is 17.4. The van der Waals surface area contributed by atoms with E-state index in [9.17, 15) is 19.2 Å². The van der Waals surface area contributed by atoms with E-state index >= 15 is 0 Å². The van der Waals surface area contributed by atoms with Crippen molar-refractivity contribution in [3.8, 4) is 5.75 Å². The van der Waals surface area contributed by atoms with Crippen LogP contribution in [-0.2, 0) is 11.2 Å². The van der Waals surface area contributed by atoms with Crippen LogP contribution >= 0.6 is 0 Å². The van der Waals surface area contributed by atoms with Crippen molar-refractivity contribution in [2.24, 2.45) is 0 Å². The fourth-order valence-electron chi connectivity index (χ4n) is 3.95. The minimum Gasteiger partial charge on any atom is -0.497 e. The lowest BCUT2D eigenvalue weighted by Crippen LogP contribution is -2.45. The standard InChI is InChI=1S/C23H23N3O5/c1-23(12-11-15-7-9-16(31-2)10-8-15)21(29)26(22(30)24-23)14-13-25-19(27)17-5-3-4-6-18(17)20(25)28/h3-10H,11-14H2,1-2H3,(H,24,30)/t23-/m0/s1. The highest BCUT2D eigenvalue weighted by atomic mass is 16.5. The number of methoxy groups -OCH3 is 1. The van der Waals surface area contributed by atoms with Crippen LogP contribution in [0, 0.1) is 0 Å². The second-order valence-electron chi connectivity index (χ2n) is 7.87. The van der Waals surface area contributed by atoms with E-state index < -0.39 is 23.4 Å². The van der Waals surface area contributed by atoms with Crippen molar-refractivity contribution in [3.05, 3.63) is 65.2 Å². The molecule has 2 aliphatic heterocycles. The summed E-state index contributed by atoms with van der Waals surface area (Å²) in [4.78, 5) is 52.6. The van der Waals surface area contributed by atoms with Crippen LogP contribution in [0.3, 0.4) is 0 Å². The van der Waals surface area contributed by atoms with Crippen LogP contribution in [0.15, 0.2) is 48.5 Å². The zero-order chi connectivity index (χ0) is 22.2. The summed E-state index contributed by atoms with van der Waals surface area (Å²) in [5.74, 6) is -0.424. The topological polar surface area (TPSA) is 96.0 Å². The van der Waals surface area contributed by atoms with E-state index in [2.05, 4.69) is 5.32 Å². The molecule has 2 heterocycles. The molecule has 31 heavy (non-hydrogen) atoms. The van der Waals surface area contributed by atoms with Gasteiger partial charge in [0.05, 0.1) is 18.2 Å². The lowest BCUT2D eigenvalue weighted by molar-refractivity contribution is -0.131. The maximum Gasteiger partial charge on any atom is 0.325 e. The van der Waals surface area contributed by atoms with Crippen molar-refractivity contribution in [3.63, 3.8) is 0 Å². The van der Waals surface area contributed by atoms with Gasteiger partial charge in [-0.25, -0.2) is 4.79 Å². The molecule has 4 rings (SSSR count). The third-order valence-electron chi connectivity index (χ3n) is 5.84. The van der Waals surface area contributed by atoms with E-state index in [0.717, 1.165) is 21.1 Å². The maximum atomic E-state index is 13.0. The molecule has 0 aromatic heterocycles. The SMILES string of the molecule is COc1ccc(CC[C@]2(C)NC(=O)N(CCN3C(=O)c4ccccc4C3=O)C2=O)cc1. The van der Waals surface area contributed by atoms with Gasteiger partial charge in [-0.3, -0.25) is 24.2 Å². The number of fused-ring (bicyclic) bond motifs is 1. The summed E-state index contributed by atoms with van der Waals surface area (Å²) in [6.07, 6.45) is 1.02. The Morgan fingerprint density at radius 2 is 1.45 bits per heavy atom. The van der Waals surface area contributed by atoms with Gasteiger partial charge in [-0.2, -0.15) is 0 Å². The molecule has 1 fully saturated rings. The molecule has 0 bridgehead atoms. The molecule has 5 amide bonds. The second-order valence-corrected chi connectivity index (χ2v) is 7.87. The van der Waals surface area contributed by atoms with Crippen molar-refractivity contribution < 1.29 is 23.9 Å². The number of carbonyl (C=O) groups excluding carboxylic acids is 4. The van der Waals surface area contributed by atoms with Gasteiger partial charge in [0.2, 0.25) is 0 Å². The number of nitrogens with zero attached hydrogens (tertiary/aromatic N) is 2. The summed E-state index contributed by atoms with van der Waals surface area (Å²) in [6, 6.07) is 13.6. The maximum absolute atomic E-state index is 13.0. The van der Waals surface area contributed by atoms with Crippen molar-refractivity contribution in [1.29, 1.82) is 0 Å². The van der Waals surface area contributed by atoms with Crippen LogP contribution in [0.2, 0.25) is 0 Å². The number of hydrogen-bond donors (Lipinski definition) is 1. The molecule has 8 heteroatoms. The van der Waals surface area contributed by atoms with Crippen molar-refractivity contribution >= 4 is 23.8 Å². The van der Waals surface area contributed by atoms with Crippen molar-refractivity contribution in [2.75, 3.05) is 20.2 Å². The van der Waals surface area contributed by atoms with Crippen molar-refractivity contribution in [2.45, 2.75) is 25.3 Å². The highest BCUT2D eigenvalue weighted by Crippen LogP contribution is 2.26. The van der Waals surface area contributed by atoms with E-state index in [1.807, 2.05) is 24.3 Å². The van der Waals surface area contributed by atoms with Crippen LogP contribution in [0.5, 0.6) is 5.75 Å². The Morgan fingerprint density at radius 3 is 2.03 bits per heavy atom. The van der Waals surface area contributed by atoms with Crippen LogP contribution in [0.1, 0.15) is 39.6 Å². The van der Waals surface area contributed by atoms with Gasteiger partial charge in [-0.1, -0.05) is 24.3 Å². The van der Waals surface area contributed by atoms with E-state index in [-0.39, 0.29) is 19.0 Å². The minimum atomic E-state index is -1.04. The Kier molecular flexibility index (Phi) is 5.22. The minimum absolute atomic E-state index is 0.0416. The first-order chi connectivity index (χ1) is 14.8. The van der Waals surface area contributed by atoms with Gasteiger partial charge in [-0.15, -0.1) is 0 Å². The molecule has 1 saturated heterocycles. The normalized spacial score (nSPS) is 20.3. The van der Waals surface area contributed by atoms with Gasteiger partial charge in [0, 0.05) is 13.1 Å². The fraction of sp³-hybridized carbons (Fsp3) is 0.304. The number of urea groups is 1. The highest BCUT2D eigenvalue weighted by Gasteiger charge is 2.47. The van der Waals surface area contributed by atoms with Gasteiger partial charge in [0.15, 0.2) is 0 Å². The number of aryl methyl sites for hydroxylation is 1. The zero-order valence-electron chi connectivity index (χ0n) is 17.4. The van der Waals surface area contributed by atoms with E-state index in [1.165, 1.54) is 0 Å². The molecule has 2 aromatic rings.